The summed E-state index contributed by atoms with van der Waals surface area (Å²) in [7, 11) is 1.64. The molecule has 1 atom stereocenters. The van der Waals surface area contributed by atoms with Crippen LogP contribution >= 0.6 is 0 Å². The smallest absolute Gasteiger partial charge is 0.168 e. The van der Waals surface area contributed by atoms with E-state index in [-0.39, 0.29) is 29.7 Å². The Hall–Kier alpha value is -3.02. The van der Waals surface area contributed by atoms with Crippen molar-refractivity contribution in [2.24, 2.45) is 4.99 Å². The van der Waals surface area contributed by atoms with E-state index in [1.807, 2.05) is 30.3 Å². The zero-order chi connectivity index (χ0) is 20.4. The number of Topliss-reactive ketones (excluding diaryl/α,β-unsaturated/α-hetero) is 2. The number of aliphatic hydroxyl groups excluding tert-OH is 1. The number of hydrogen-bond acceptors (Lipinski definition) is 6. The number of aryl methyl sites for hydroxylation is 1. The maximum Gasteiger partial charge on any atom is 0.168 e. The van der Waals surface area contributed by atoms with Crippen molar-refractivity contribution in [3.8, 4) is 0 Å². The van der Waals surface area contributed by atoms with E-state index in [0.717, 1.165) is 12.0 Å². The van der Waals surface area contributed by atoms with Crippen LogP contribution in [0.5, 0.6) is 0 Å². The van der Waals surface area contributed by atoms with Gasteiger partial charge < -0.3 is 9.63 Å². The van der Waals surface area contributed by atoms with Crippen LogP contribution < -0.4 is 0 Å². The number of fused-ring (bicyclic) bond motifs is 1. The molecule has 1 N–H and O–H groups in total. The van der Waals surface area contributed by atoms with Crippen LogP contribution in [0.2, 0.25) is 0 Å². The third kappa shape index (κ3) is 3.79. The summed E-state index contributed by atoms with van der Waals surface area (Å²) < 4.78 is 5.49. The van der Waals surface area contributed by atoms with Crippen molar-refractivity contribution in [3.63, 3.8) is 0 Å². The summed E-state index contributed by atoms with van der Waals surface area (Å²) >= 11 is 0. The number of aliphatic hydroxyl groups is 1. The van der Waals surface area contributed by atoms with Gasteiger partial charge in [0.1, 0.15) is 11.5 Å². The molecule has 1 aromatic carbocycles. The SMILES string of the molecule is CN=C1CCCC(=O)/C1=C(\O)CCc1noc2c1C(=O)CC(c1ccccc1)C2. The fraction of sp³-hybridized carbons (Fsp3) is 0.391. The first-order valence-corrected chi connectivity index (χ1v) is 10.1. The Balaban J connectivity index is 1.52. The highest BCUT2D eigenvalue weighted by atomic mass is 16.5. The van der Waals surface area contributed by atoms with Crippen molar-refractivity contribution in [2.45, 2.75) is 50.9 Å². The number of rotatable bonds is 4. The third-order valence-electron chi connectivity index (χ3n) is 5.79. The molecule has 0 aliphatic heterocycles. The topological polar surface area (TPSA) is 92.8 Å². The van der Waals surface area contributed by atoms with E-state index in [9.17, 15) is 14.7 Å². The average molecular weight is 392 g/mol. The Morgan fingerprint density at radius 3 is 2.72 bits per heavy atom. The lowest BCUT2D eigenvalue weighted by molar-refractivity contribution is -0.115. The molecule has 0 saturated heterocycles. The predicted octanol–water partition coefficient (Wildman–Crippen LogP) is 4.16. The minimum Gasteiger partial charge on any atom is -0.511 e. The monoisotopic (exact) mass is 392 g/mol. The Morgan fingerprint density at radius 1 is 1.17 bits per heavy atom. The number of benzene rings is 1. The van der Waals surface area contributed by atoms with E-state index < -0.39 is 0 Å². The fourth-order valence-electron chi connectivity index (χ4n) is 4.31. The summed E-state index contributed by atoms with van der Waals surface area (Å²) in [6.07, 6.45) is 3.52. The Morgan fingerprint density at radius 2 is 1.97 bits per heavy atom. The van der Waals surface area contributed by atoms with Crippen molar-refractivity contribution >= 4 is 17.3 Å². The van der Waals surface area contributed by atoms with Gasteiger partial charge in [-0.05, 0) is 24.3 Å². The van der Waals surface area contributed by atoms with Crippen LogP contribution in [0.4, 0.5) is 0 Å². The maximum atomic E-state index is 12.8. The van der Waals surface area contributed by atoms with Gasteiger partial charge in [-0.3, -0.25) is 14.6 Å². The average Bonchev–Trinajstić information content (AvgIpc) is 3.16. The minimum atomic E-state index is -0.0710. The van der Waals surface area contributed by atoms with Crippen LogP contribution in [0.1, 0.15) is 65.4 Å². The van der Waals surface area contributed by atoms with Gasteiger partial charge in [0, 0.05) is 44.9 Å². The van der Waals surface area contributed by atoms with Gasteiger partial charge in [-0.15, -0.1) is 0 Å². The number of carbonyl (C=O) groups is 2. The minimum absolute atomic E-state index is 0.0213. The standard InChI is InChI=1S/C23H24N2O4/c1-24-16-8-5-9-18(26)22(16)19(27)11-10-17-23-20(28)12-15(13-21(23)29-25-17)14-6-3-2-4-7-14/h2-4,6-7,15,27H,5,8-13H2,1H3/b22-19-,24-16?. The largest absolute Gasteiger partial charge is 0.511 e. The van der Waals surface area contributed by atoms with Gasteiger partial charge in [0.15, 0.2) is 11.6 Å². The normalized spacial score (nSPS) is 22.7. The highest BCUT2D eigenvalue weighted by Gasteiger charge is 2.33. The zero-order valence-corrected chi connectivity index (χ0v) is 16.5. The molecule has 0 bridgehead atoms. The molecular formula is C23H24N2O4. The van der Waals surface area contributed by atoms with Crippen molar-refractivity contribution in [1.82, 2.24) is 5.16 Å². The molecule has 0 radical (unpaired) electrons. The number of allylic oxidation sites excluding steroid dienone is 2. The molecule has 1 heterocycles. The van der Waals surface area contributed by atoms with Crippen LogP contribution in [-0.4, -0.2) is 34.6 Å². The lowest BCUT2D eigenvalue weighted by Gasteiger charge is -2.20. The van der Waals surface area contributed by atoms with E-state index in [2.05, 4.69) is 10.1 Å². The van der Waals surface area contributed by atoms with Crippen LogP contribution in [-0.2, 0) is 17.6 Å². The van der Waals surface area contributed by atoms with Gasteiger partial charge in [-0.1, -0.05) is 35.5 Å². The highest BCUT2D eigenvalue weighted by molar-refractivity contribution is 6.24. The molecule has 4 rings (SSSR count). The summed E-state index contributed by atoms with van der Waals surface area (Å²) in [5, 5.41) is 14.6. The molecule has 29 heavy (non-hydrogen) atoms. The summed E-state index contributed by atoms with van der Waals surface area (Å²) in [5.74, 6) is 0.682. The lowest BCUT2D eigenvalue weighted by atomic mass is 9.81. The maximum absolute atomic E-state index is 12.8. The van der Waals surface area contributed by atoms with Crippen molar-refractivity contribution in [3.05, 3.63) is 64.2 Å². The predicted molar refractivity (Wildman–Crippen MR) is 109 cm³/mol. The van der Waals surface area contributed by atoms with Crippen molar-refractivity contribution < 1.29 is 19.2 Å². The van der Waals surface area contributed by atoms with Crippen LogP contribution in [0.25, 0.3) is 0 Å². The Bertz CT molecular complexity index is 1000. The molecule has 1 aromatic heterocycles. The Kier molecular flexibility index (Phi) is 5.43. The number of carbonyl (C=O) groups excluding carboxylic acids is 2. The van der Waals surface area contributed by atoms with E-state index in [1.165, 1.54) is 0 Å². The molecular weight excluding hydrogens is 368 g/mol. The molecule has 1 fully saturated rings. The molecule has 2 aliphatic carbocycles. The summed E-state index contributed by atoms with van der Waals surface area (Å²) in [4.78, 5) is 29.2. The van der Waals surface area contributed by atoms with Gasteiger partial charge in [0.05, 0.1) is 16.8 Å². The third-order valence-corrected chi connectivity index (χ3v) is 5.79. The first-order valence-electron chi connectivity index (χ1n) is 10.1. The Labute approximate surface area is 169 Å². The second-order valence-corrected chi connectivity index (χ2v) is 7.64. The quantitative estimate of drug-likeness (QED) is 0.623. The summed E-state index contributed by atoms with van der Waals surface area (Å²) in [6.45, 7) is 0. The summed E-state index contributed by atoms with van der Waals surface area (Å²) in [5.41, 5.74) is 3.22. The molecule has 2 aromatic rings. The van der Waals surface area contributed by atoms with E-state index in [4.69, 9.17) is 4.52 Å². The first kappa shape index (κ1) is 19.3. The van der Waals surface area contributed by atoms with Crippen LogP contribution in [0.3, 0.4) is 0 Å². The van der Waals surface area contributed by atoms with Crippen LogP contribution in [0.15, 0.2) is 51.2 Å². The molecule has 150 valence electrons. The van der Waals surface area contributed by atoms with Crippen molar-refractivity contribution in [1.29, 1.82) is 0 Å². The zero-order valence-electron chi connectivity index (χ0n) is 16.5. The van der Waals surface area contributed by atoms with Gasteiger partial charge >= 0.3 is 0 Å². The van der Waals surface area contributed by atoms with E-state index in [1.54, 1.807) is 7.05 Å². The number of ketones is 2. The fourth-order valence-corrected chi connectivity index (χ4v) is 4.31. The molecule has 1 saturated carbocycles. The number of nitrogens with zero attached hydrogens (tertiary/aromatic N) is 2. The molecule has 6 nitrogen and oxygen atoms in total. The van der Waals surface area contributed by atoms with Gasteiger partial charge in [0.25, 0.3) is 0 Å². The second kappa shape index (κ2) is 8.15. The van der Waals surface area contributed by atoms with Crippen LogP contribution in [0, 0.1) is 0 Å². The highest BCUT2D eigenvalue weighted by Crippen LogP contribution is 2.34. The van der Waals surface area contributed by atoms with Gasteiger partial charge in [-0.25, -0.2) is 0 Å². The molecule has 6 heteroatoms. The molecule has 0 spiro atoms. The summed E-state index contributed by atoms with van der Waals surface area (Å²) in [6, 6.07) is 9.95. The first-order chi connectivity index (χ1) is 14.1. The number of aromatic nitrogens is 1. The van der Waals surface area contributed by atoms with E-state index in [0.29, 0.717) is 60.4 Å². The number of hydrogen-bond donors (Lipinski definition) is 1. The second-order valence-electron chi connectivity index (χ2n) is 7.64. The van der Waals surface area contributed by atoms with Gasteiger partial charge in [-0.2, -0.15) is 0 Å². The molecule has 2 aliphatic rings. The van der Waals surface area contributed by atoms with Crippen molar-refractivity contribution in [2.75, 3.05) is 7.05 Å². The van der Waals surface area contributed by atoms with Gasteiger partial charge in [0.2, 0.25) is 0 Å². The lowest BCUT2D eigenvalue weighted by Crippen LogP contribution is -2.21. The molecule has 1 unspecified atom stereocenters. The number of aliphatic imine (C=N–C) groups is 1. The molecule has 0 amide bonds. The van der Waals surface area contributed by atoms with E-state index >= 15 is 0 Å².